The van der Waals surface area contributed by atoms with Gasteiger partial charge < -0.3 is 24.9 Å². The van der Waals surface area contributed by atoms with Gasteiger partial charge in [-0.15, -0.1) is 24.7 Å². The van der Waals surface area contributed by atoms with Gasteiger partial charge in [0.05, 0.1) is 5.97 Å². The van der Waals surface area contributed by atoms with Crippen LogP contribution >= 0.6 is 0 Å². The SMILES string of the molecule is C#CCC(C(=O)[O-])C(O)(CC#C)C(=O)[O-]. The molecule has 0 spiro atoms. The van der Waals surface area contributed by atoms with Gasteiger partial charge >= 0.3 is 0 Å². The van der Waals surface area contributed by atoms with Crippen molar-refractivity contribution in [3.05, 3.63) is 0 Å². The number of carbonyl (C=O) groups excluding carboxylic acids is 2. The summed E-state index contributed by atoms with van der Waals surface area (Å²) in [5, 5.41) is 30.7. The van der Waals surface area contributed by atoms with Crippen LogP contribution in [0.1, 0.15) is 12.8 Å². The fraction of sp³-hybridized carbons (Fsp3) is 0.400. The van der Waals surface area contributed by atoms with Gasteiger partial charge in [0, 0.05) is 24.7 Å². The quantitative estimate of drug-likeness (QED) is 0.482. The van der Waals surface area contributed by atoms with Crippen LogP contribution in [0, 0.1) is 30.6 Å². The molecule has 0 saturated carbocycles. The third-order valence-corrected chi connectivity index (χ3v) is 1.91. The Morgan fingerprint density at radius 3 is 2.13 bits per heavy atom. The van der Waals surface area contributed by atoms with E-state index in [1.54, 1.807) is 0 Å². The van der Waals surface area contributed by atoms with Crippen LogP contribution in [0.5, 0.6) is 0 Å². The Morgan fingerprint density at radius 2 is 1.87 bits per heavy atom. The van der Waals surface area contributed by atoms with Gasteiger partial charge in [-0.1, -0.05) is 0 Å². The first-order valence-electron chi connectivity index (χ1n) is 3.91. The lowest BCUT2D eigenvalue weighted by Crippen LogP contribution is -2.58. The summed E-state index contributed by atoms with van der Waals surface area (Å²) in [4.78, 5) is 21.2. The molecule has 0 aliphatic heterocycles. The predicted octanol–water partition coefficient (Wildman–Crippen LogP) is -3.12. The molecule has 0 aliphatic carbocycles. The number of hydrogen-bond acceptors (Lipinski definition) is 5. The van der Waals surface area contributed by atoms with Gasteiger partial charge in [-0.05, 0) is 0 Å². The molecule has 0 rings (SSSR count). The number of rotatable bonds is 5. The van der Waals surface area contributed by atoms with Crippen molar-refractivity contribution in [3.63, 3.8) is 0 Å². The number of hydrogen-bond donors (Lipinski definition) is 1. The molecule has 2 atom stereocenters. The zero-order chi connectivity index (χ0) is 12.1. The van der Waals surface area contributed by atoms with Crippen molar-refractivity contribution >= 4 is 11.9 Å². The van der Waals surface area contributed by atoms with E-state index in [0.717, 1.165) is 0 Å². The number of aliphatic carboxylic acids is 2. The van der Waals surface area contributed by atoms with Gasteiger partial charge in [0.2, 0.25) is 0 Å². The monoisotopic (exact) mass is 208 g/mol. The van der Waals surface area contributed by atoms with Crippen LogP contribution in [0.25, 0.3) is 0 Å². The predicted molar refractivity (Wildman–Crippen MR) is 45.4 cm³/mol. The largest absolute Gasteiger partial charge is 0.550 e. The lowest BCUT2D eigenvalue weighted by Gasteiger charge is -2.35. The van der Waals surface area contributed by atoms with Gasteiger partial charge in [-0.3, -0.25) is 0 Å². The molecule has 0 amide bonds. The zero-order valence-electron chi connectivity index (χ0n) is 7.73. The first-order chi connectivity index (χ1) is 6.90. The maximum atomic E-state index is 10.6. The van der Waals surface area contributed by atoms with Crippen LogP contribution in [-0.2, 0) is 9.59 Å². The summed E-state index contributed by atoms with van der Waals surface area (Å²) >= 11 is 0. The molecule has 0 bridgehead atoms. The molecular weight excluding hydrogens is 200 g/mol. The molecule has 80 valence electrons. The van der Waals surface area contributed by atoms with Crippen molar-refractivity contribution in [2.75, 3.05) is 0 Å². The van der Waals surface area contributed by atoms with Crippen molar-refractivity contribution in [1.82, 2.24) is 0 Å². The molecule has 0 heterocycles. The molecule has 0 aromatic heterocycles. The number of aliphatic hydroxyl groups is 1. The number of carbonyl (C=O) groups is 2. The normalized spacial score (nSPS) is 15.4. The second-order valence-electron chi connectivity index (χ2n) is 2.87. The minimum absolute atomic E-state index is 0.505. The zero-order valence-corrected chi connectivity index (χ0v) is 7.73. The topological polar surface area (TPSA) is 100 Å². The van der Waals surface area contributed by atoms with Crippen LogP contribution in [-0.4, -0.2) is 22.6 Å². The molecule has 0 radical (unpaired) electrons. The molecule has 5 heteroatoms. The van der Waals surface area contributed by atoms with Crippen LogP contribution < -0.4 is 10.2 Å². The Labute approximate surface area is 86.7 Å². The van der Waals surface area contributed by atoms with E-state index in [-0.39, 0.29) is 0 Å². The van der Waals surface area contributed by atoms with Gasteiger partial charge in [0.15, 0.2) is 0 Å². The van der Waals surface area contributed by atoms with Gasteiger partial charge in [-0.25, -0.2) is 0 Å². The van der Waals surface area contributed by atoms with Gasteiger partial charge in [0.25, 0.3) is 0 Å². The first-order valence-corrected chi connectivity index (χ1v) is 3.91. The second kappa shape index (κ2) is 5.04. The molecule has 0 fully saturated rings. The highest BCUT2D eigenvalue weighted by molar-refractivity contribution is 5.84. The molecule has 0 aromatic carbocycles. The van der Waals surface area contributed by atoms with Crippen molar-refractivity contribution in [2.45, 2.75) is 18.4 Å². The molecule has 0 aromatic rings. The minimum atomic E-state index is -2.69. The van der Waals surface area contributed by atoms with E-state index < -0.39 is 36.3 Å². The summed E-state index contributed by atoms with van der Waals surface area (Å²) in [6.07, 6.45) is 8.45. The second-order valence-corrected chi connectivity index (χ2v) is 2.87. The van der Waals surface area contributed by atoms with E-state index in [9.17, 15) is 24.9 Å². The van der Waals surface area contributed by atoms with E-state index in [4.69, 9.17) is 12.8 Å². The first kappa shape index (κ1) is 13.0. The Balaban J connectivity index is 5.21. The standard InChI is InChI=1S/C10H10O5/c1-3-5-7(8(11)12)10(15,6-4-2)9(13)14/h1-2,7,15H,5-6H2,(H,11,12)(H,13,14)/p-2. The van der Waals surface area contributed by atoms with Crippen molar-refractivity contribution in [3.8, 4) is 24.7 Å². The lowest BCUT2D eigenvalue weighted by molar-refractivity contribution is -0.340. The van der Waals surface area contributed by atoms with E-state index in [1.165, 1.54) is 0 Å². The molecule has 5 nitrogen and oxygen atoms in total. The average molecular weight is 208 g/mol. The van der Waals surface area contributed by atoms with Gasteiger partial charge in [0.1, 0.15) is 5.60 Å². The average Bonchev–Trinajstić information content (AvgIpc) is 2.13. The maximum Gasteiger partial charge on any atom is 0.124 e. The van der Waals surface area contributed by atoms with Crippen molar-refractivity contribution in [2.24, 2.45) is 5.92 Å². The lowest BCUT2D eigenvalue weighted by atomic mass is 9.82. The smallest absolute Gasteiger partial charge is 0.124 e. The maximum absolute atomic E-state index is 10.6. The molecule has 15 heavy (non-hydrogen) atoms. The Bertz CT molecular complexity index is 346. The fourth-order valence-corrected chi connectivity index (χ4v) is 1.06. The summed E-state index contributed by atoms with van der Waals surface area (Å²) in [6.45, 7) is 0. The summed E-state index contributed by atoms with van der Waals surface area (Å²) in [6, 6.07) is 0. The molecule has 2 unspecified atom stereocenters. The number of terminal acetylenes is 2. The number of carboxylic acids is 2. The fourth-order valence-electron chi connectivity index (χ4n) is 1.06. The van der Waals surface area contributed by atoms with E-state index >= 15 is 0 Å². The highest BCUT2D eigenvalue weighted by Gasteiger charge is 2.38. The van der Waals surface area contributed by atoms with Gasteiger partial charge in [-0.2, -0.15) is 0 Å². The Kier molecular flexibility index (Phi) is 4.37. The van der Waals surface area contributed by atoms with Crippen LogP contribution in [0.4, 0.5) is 0 Å². The van der Waals surface area contributed by atoms with Crippen LogP contribution in [0.15, 0.2) is 0 Å². The van der Waals surface area contributed by atoms with Crippen LogP contribution in [0.2, 0.25) is 0 Å². The van der Waals surface area contributed by atoms with Crippen molar-refractivity contribution in [1.29, 1.82) is 0 Å². The van der Waals surface area contributed by atoms with E-state index in [2.05, 4.69) is 0 Å². The Hall–Kier alpha value is -1.98. The molecular formula is C10H8O5-2. The minimum Gasteiger partial charge on any atom is -0.550 e. The Morgan fingerprint density at radius 1 is 1.33 bits per heavy atom. The highest BCUT2D eigenvalue weighted by Crippen LogP contribution is 2.23. The summed E-state index contributed by atoms with van der Waals surface area (Å²) in [5.74, 6) is -1.77. The van der Waals surface area contributed by atoms with E-state index in [1.807, 2.05) is 11.8 Å². The summed E-state index contributed by atoms with van der Waals surface area (Å²) in [5.41, 5.74) is -2.69. The number of carboxylic acid groups (broad SMARTS) is 2. The summed E-state index contributed by atoms with van der Waals surface area (Å²) < 4.78 is 0. The third-order valence-electron chi connectivity index (χ3n) is 1.91. The highest BCUT2D eigenvalue weighted by atomic mass is 16.4. The molecule has 0 saturated heterocycles. The molecule has 0 aliphatic rings. The molecule has 1 N–H and O–H groups in total. The van der Waals surface area contributed by atoms with E-state index in [0.29, 0.717) is 0 Å². The van der Waals surface area contributed by atoms with Crippen molar-refractivity contribution < 1.29 is 24.9 Å². The van der Waals surface area contributed by atoms with Crippen LogP contribution in [0.3, 0.4) is 0 Å². The summed E-state index contributed by atoms with van der Waals surface area (Å²) in [7, 11) is 0. The third kappa shape index (κ3) is 2.73.